The van der Waals surface area contributed by atoms with Crippen molar-refractivity contribution < 1.29 is 8.42 Å². The van der Waals surface area contributed by atoms with Gasteiger partial charge in [0.15, 0.2) is 9.84 Å². The average molecular weight is 400 g/mol. The molecule has 0 radical (unpaired) electrons. The van der Waals surface area contributed by atoms with Crippen molar-refractivity contribution in [3.8, 4) is 6.07 Å². The molecule has 1 saturated carbocycles. The first-order valence-corrected chi connectivity index (χ1v) is 11.7. The summed E-state index contributed by atoms with van der Waals surface area (Å²) in [5.74, 6) is 0.781. The van der Waals surface area contributed by atoms with Crippen LogP contribution in [0.25, 0.3) is 10.9 Å². The number of hydrogen-bond donors (Lipinski definition) is 1. The molecule has 8 heteroatoms. The number of aromatic nitrogens is 2. The summed E-state index contributed by atoms with van der Waals surface area (Å²) in [6.45, 7) is 1.56. The van der Waals surface area contributed by atoms with Crippen molar-refractivity contribution >= 4 is 26.6 Å². The van der Waals surface area contributed by atoms with E-state index in [1.54, 1.807) is 12.4 Å². The molecule has 1 unspecified atom stereocenters. The fourth-order valence-electron chi connectivity index (χ4n) is 4.45. The Balaban J connectivity index is 1.39. The molecule has 1 atom stereocenters. The van der Waals surface area contributed by atoms with Crippen LogP contribution >= 0.6 is 0 Å². The number of fused-ring (bicyclic) bond motifs is 1. The molecule has 0 bridgehead atoms. The second kappa shape index (κ2) is 7.64. The zero-order valence-electron chi connectivity index (χ0n) is 16.0. The number of rotatable bonds is 4. The third-order valence-electron chi connectivity index (χ3n) is 6.10. The molecule has 1 aliphatic carbocycles. The largest absolute Gasteiger partial charge is 0.367 e. The molecule has 4 rings (SSSR count). The molecule has 1 N–H and O–H groups in total. The molecule has 2 aliphatic rings. The summed E-state index contributed by atoms with van der Waals surface area (Å²) < 4.78 is 23.6. The Morgan fingerprint density at radius 3 is 2.64 bits per heavy atom. The van der Waals surface area contributed by atoms with E-state index in [4.69, 9.17) is 5.26 Å². The highest BCUT2D eigenvalue weighted by Gasteiger charge is 2.35. The van der Waals surface area contributed by atoms with Crippen molar-refractivity contribution in [2.75, 3.05) is 24.7 Å². The Bertz CT molecular complexity index is 1010. The van der Waals surface area contributed by atoms with Crippen LogP contribution in [0.5, 0.6) is 0 Å². The van der Waals surface area contributed by atoms with E-state index in [1.807, 2.05) is 12.1 Å². The third-order valence-corrected chi connectivity index (χ3v) is 7.70. The highest BCUT2D eigenvalue weighted by molar-refractivity contribution is 7.91. The minimum Gasteiger partial charge on any atom is -0.367 e. The molecular formula is C20H25N5O2S. The lowest BCUT2D eigenvalue weighted by molar-refractivity contribution is 0.186. The zero-order valence-corrected chi connectivity index (χ0v) is 16.8. The lowest BCUT2D eigenvalue weighted by Crippen LogP contribution is -2.40. The first kappa shape index (κ1) is 19.1. The number of sulfone groups is 1. The number of anilines is 1. The number of likely N-dealkylation sites (tertiary alicyclic amines) is 1. The Hall–Kier alpha value is -2.24. The van der Waals surface area contributed by atoms with E-state index < -0.39 is 9.84 Å². The second-order valence-corrected chi connectivity index (χ2v) is 10.3. The van der Waals surface area contributed by atoms with Crippen LogP contribution in [-0.2, 0) is 9.84 Å². The molecule has 28 heavy (non-hydrogen) atoms. The Morgan fingerprint density at radius 1 is 1.18 bits per heavy atom. The van der Waals surface area contributed by atoms with E-state index in [1.165, 1.54) is 6.26 Å². The summed E-state index contributed by atoms with van der Waals surface area (Å²) >= 11 is 0. The van der Waals surface area contributed by atoms with Gasteiger partial charge in [0.1, 0.15) is 12.1 Å². The number of benzene rings is 1. The molecule has 2 fully saturated rings. The molecule has 1 aromatic heterocycles. The molecule has 1 aromatic carbocycles. The van der Waals surface area contributed by atoms with Gasteiger partial charge in [0.25, 0.3) is 0 Å². The van der Waals surface area contributed by atoms with E-state index in [0.717, 1.165) is 55.4 Å². The Kier molecular flexibility index (Phi) is 5.21. The number of hydrogen-bond acceptors (Lipinski definition) is 7. The quantitative estimate of drug-likeness (QED) is 0.842. The number of nitrogens with one attached hydrogen (secondary N) is 1. The van der Waals surface area contributed by atoms with Crippen molar-refractivity contribution in [3.05, 3.63) is 30.1 Å². The summed E-state index contributed by atoms with van der Waals surface area (Å²) in [5, 5.41) is 13.4. The number of nitrogens with zero attached hydrogens (tertiary/aromatic N) is 4. The lowest BCUT2D eigenvalue weighted by Gasteiger charge is -2.35. The molecule has 1 aliphatic heterocycles. The first-order chi connectivity index (χ1) is 13.4. The van der Waals surface area contributed by atoms with Gasteiger partial charge in [-0.2, -0.15) is 5.26 Å². The van der Waals surface area contributed by atoms with Gasteiger partial charge in [0.05, 0.1) is 22.4 Å². The van der Waals surface area contributed by atoms with Gasteiger partial charge in [0, 0.05) is 30.3 Å². The Labute approximate surface area is 165 Å². The van der Waals surface area contributed by atoms with Gasteiger partial charge in [-0.05, 0) is 56.8 Å². The molecule has 7 nitrogen and oxygen atoms in total. The maximum absolute atomic E-state index is 11.8. The van der Waals surface area contributed by atoms with Crippen LogP contribution in [0, 0.1) is 11.3 Å². The molecule has 2 heterocycles. The Morgan fingerprint density at radius 2 is 1.96 bits per heavy atom. The van der Waals surface area contributed by atoms with E-state index >= 15 is 0 Å². The highest BCUT2D eigenvalue weighted by atomic mass is 32.2. The lowest BCUT2D eigenvalue weighted by atomic mass is 9.90. The highest BCUT2D eigenvalue weighted by Crippen LogP contribution is 2.30. The third kappa shape index (κ3) is 3.96. The minimum absolute atomic E-state index is 0.204. The molecule has 148 valence electrons. The molecule has 2 aromatic rings. The van der Waals surface area contributed by atoms with Crippen LogP contribution < -0.4 is 5.32 Å². The molecular weight excluding hydrogens is 374 g/mol. The maximum atomic E-state index is 11.8. The summed E-state index contributed by atoms with van der Waals surface area (Å²) in [7, 11) is -2.94. The van der Waals surface area contributed by atoms with Crippen LogP contribution in [-0.4, -0.2) is 60.0 Å². The second-order valence-electron chi connectivity index (χ2n) is 7.95. The summed E-state index contributed by atoms with van der Waals surface area (Å²) in [6, 6.07) is 8.42. The van der Waals surface area contributed by atoms with E-state index in [0.29, 0.717) is 24.2 Å². The summed E-state index contributed by atoms with van der Waals surface area (Å²) in [6.07, 6.45) is 7.82. The van der Waals surface area contributed by atoms with Crippen LogP contribution in [0.1, 0.15) is 37.7 Å². The van der Waals surface area contributed by atoms with E-state index in [-0.39, 0.29) is 5.25 Å². The first-order valence-electron chi connectivity index (χ1n) is 9.78. The number of nitriles is 1. The summed E-state index contributed by atoms with van der Waals surface area (Å²) in [4.78, 5) is 11.0. The van der Waals surface area contributed by atoms with Crippen molar-refractivity contribution in [1.29, 1.82) is 5.26 Å². The predicted molar refractivity (Wildman–Crippen MR) is 109 cm³/mol. The van der Waals surface area contributed by atoms with Crippen molar-refractivity contribution in [2.24, 2.45) is 0 Å². The van der Waals surface area contributed by atoms with Crippen LogP contribution in [0.3, 0.4) is 0 Å². The maximum Gasteiger partial charge on any atom is 0.151 e. The minimum atomic E-state index is -2.94. The molecule has 0 spiro atoms. The SMILES string of the molecule is CS(=O)(=O)C1CCN(C2CCC(Nc3ncnc4ccc(C#N)cc34)CC2)C1. The van der Waals surface area contributed by atoms with Gasteiger partial charge in [0.2, 0.25) is 0 Å². The van der Waals surface area contributed by atoms with Crippen molar-refractivity contribution in [1.82, 2.24) is 14.9 Å². The fourth-order valence-corrected chi connectivity index (χ4v) is 5.45. The molecule has 1 saturated heterocycles. The van der Waals surface area contributed by atoms with Gasteiger partial charge < -0.3 is 5.32 Å². The van der Waals surface area contributed by atoms with Crippen molar-refractivity contribution in [2.45, 2.75) is 49.4 Å². The smallest absolute Gasteiger partial charge is 0.151 e. The van der Waals surface area contributed by atoms with Crippen LogP contribution in [0.2, 0.25) is 0 Å². The van der Waals surface area contributed by atoms with Crippen LogP contribution in [0.4, 0.5) is 5.82 Å². The zero-order chi connectivity index (χ0) is 19.7. The fraction of sp³-hybridized carbons (Fsp3) is 0.550. The van der Waals surface area contributed by atoms with E-state index in [2.05, 4.69) is 26.3 Å². The average Bonchev–Trinajstić information content (AvgIpc) is 3.19. The van der Waals surface area contributed by atoms with Crippen LogP contribution in [0.15, 0.2) is 24.5 Å². The molecule has 0 amide bonds. The van der Waals surface area contributed by atoms with Gasteiger partial charge in [-0.1, -0.05) is 0 Å². The monoisotopic (exact) mass is 399 g/mol. The predicted octanol–water partition coefficient (Wildman–Crippen LogP) is 2.34. The van der Waals surface area contributed by atoms with E-state index in [9.17, 15) is 8.42 Å². The standard InChI is InChI=1S/C20H25N5O2S/c1-28(26,27)17-8-9-25(12-17)16-5-3-15(4-6-16)24-20-18-10-14(11-21)2-7-19(18)22-13-23-20/h2,7,10,13,15-17H,3-6,8-9,12H2,1H3,(H,22,23,24). The van der Waals surface area contributed by atoms with Gasteiger partial charge in [-0.3, -0.25) is 4.90 Å². The van der Waals surface area contributed by atoms with Gasteiger partial charge >= 0.3 is 0 Å². The van der Waals surface area contributed by atoms with Gasteiger partial charge in [-0.25, -0.2) is 18.4 Å². The van der Waals surface area contributed by atoms with Gasteiger partial charge in [-0.15, -0.1) is 0 Å². The topological polar surface area (TPSA) is 99.0 Å². The van der Waals surface area contributed by atoms with Crippen molar-refractivity contribution in [3.63, 3.8) is 0 Å². The normalized spacial score (nSPS) is 26.2. The summed E-state index contributed by atoms with van der Waals surface area (Å²) in [5.41, 5.74) is 1.43.